The van der Waals surface area contributed by atoms with Crippen molar-refractivity contribution in [2.24, 2.45) is 0 Å². The minimum absolute atomic E-state index is 0.140. The van der Waals surface area contributed by atoms with Gasteiger partial charge < -0.3 is 18.9 Å². The number of hydrogen-bond acceptors (Lipinski definition) is 10. The van der Waals surface area contributed by atoms with Crippen molar-refractivity contribution in [2.45, 2.75) is 5.41 Å². The molecule has 0 atom stereocenters. The Bertz CT molecular complexity index is 3070. The normalized spacial score (nSPS) is 12.4. The van der Waals surface area contributed by atoms with Crippen molar-refractivity contribution in [1.29, 1.82) is 0 Å². The van der Waals surface area contributed by atoms with Crippen LogP contribution in [0.15, 0.2) is 171 Å². The maximum absolute atomic E-state index is 11.4. The molecule has 8 nitrogen and oxygen atoms in total. The lowest BCUT2D eigenvalue weighted by molar-refractivity contribution is -0.139. The minimum atomic E-state index is -0.618. The van der Waals surface area contributed by atoms with Crippen molar-refractivity contribution in [3.63, 3.8) is 0 Å². The second-order valence-corrected chi connectivity index (χ2v) is 17.0. The predicted molar refractivity (Wildman–Crippen MR) is 252 cm³/mol. The van der Waals surface area contributed by atoms with E-state index in [2.05, 4.69) is 122 Å². The second kappa shape index (κ2) is 16.8. The van der Waals surface area contributed by atoms with Crippen LogP contribution in [0.25, 0.3) is 63.5 Å². The van der Waals surface area contributed by atoms with Gasteiger partial charge in [0.15, 0.2) is 0 Å². The van der Waals surface area contributed by atoms with Crippen LogP contribution >= 0.6 is 22.7 Å². The number of hydrogen-bond donors (Lipinski definition) is 0. The summed E-state index contributed by atoms with van der Waals surface area (Å²) in [5.74, 6) is 0.425. The highest BCUT2D eigenvalue weighted by atomic mass is 32.1. The van der Waals surface area contributed by atoms with Crippen molar-refractivity contribution < 1.29 is 28.5 Å². The lowest BCUT2D eigenvalue weighted by Gasteiger charge is -2.34. The third-order valence-corrected chi connectivity index (χ3v) is 13.4. The molecule has 0 bridgehead atoms. The van der Waals surface area contributed by atoms with Crippen LogP contribution in [0.5, 0.6) is 11.5 Å². The van der Waals surface area contributed by atoms with Crippen LogP contribution < -0.4 is 9.47 Å². The Kier molecular flexibility index (Phi) is 10.6. The first kappa shape index (κ1) is 39.7. The molecule has 2 aromatic heterocycles. The van der Waals surface area contributed by atoms with Gasteiger partial charge in [-0.3, -0.25) is 0 Å². The number of rotatable bonds is 14. The fraction of sp³-hybridized carbons (Fsp3) is 0.0943. The summed E-state index contributed by atoms with van der Waals surface area (Å²) >= 11 is 3.22. The molecule has 1 aliphatic carbocycles. The zero-order valence-electron chi connectivity index (χ0n) is 33.9. The first-order valence-electron chi connectivity index (χ1n) is 20.4. The van der Waals surface area contributed by atoms with E-state index in [0.717, 1.165) is 64.9 Å². The van der Waals surface area contributed by atoms with Gasteiger partial charge in [0.25, 0.3) is 0 Å². The molecule has 10 heteroatoms. The number of carbonyl (C=O) groups excluding carboxylic acids is 2. The molecule has 7 aromatic carbocycles. The number of thiazole rings is 2. The summed E-state index contributed by atoms with van der Waals surface area (Å²) in [6.45, 7) is 7.61. The monoisotopic (exact) mass is 862 g/mol. The van der Waals surface area contributed by atoms with Gasteiger partial charge in [-0.2, -0.15) is 0 Å². The van der Waals surface area contributed by atoms with Crippen LogP contribution in [0.1, 0.15) is 22.3 Å². The summed E-state index contributed by atoms with van der Waals surface area (Å²) in [5, 5.41) is 4.21. The van der Waals surface area contributed by atoms with Gasteiger partial charge in [0.2, 0.25) is 0 Å². The second-order valence-electron chi connectivity index (χ2n) is 14.9. The molecule has 10 rings (SSSR count). The molecule has 2 heterocycles. The van der Waals surface area contributed by atoms with Crippen LogP contribution in [0.2, 0.25) is 0 Å². The molecular formula is C53H38N2O6S2. The van der Waals surface area contributed by atoms with Crippen molar-refractivity contribution in [1.82, 2.24) is 9.97 Å². The first-order valence-corrected chi connectivity index (χ1v) is 22.0. The van der Waals surface area contributed by atoms with Gasteiger partial charge in [0.1, 0.15) is 47.9 Å². The zero-order valence-corrected chi connectivity index (χ0v) is 35.5. The van der Waals surface area contributed by atoms with E-state index < -0.39 is 17.4 Å². The molecule has 0 saturated heterocycles. The smallest absolute Gasteiger partial charge is 0.330 e. The van der Waals surface area contributed by atoms with Crippen LogP contribution in [-0.2, 0) is 24.5 Å². The van der Waals surface area contributed by atoms with Gasteiger partial charge >= 0.3 is 11.9 Å². The summed E-state index contributed by atoms with van der Waals surface area (Å²) in [7, 11) is 0. The number of benzene rings is 7. The van der Waals surface area contributed by atoms with E-state index >= 15 is 0 Å². The molecule has 0 unspecified atom stereocenters. The van der Waals surface area contributed by atoms with Crippen LogP contribution in [0.4, 0.5) is 0 Å². The SMILES string of the molecule is C=CC(=O)OCCOc1ccc2nc(-c3ccc(C4(c5ccc(-c6nc7ccc(OCCOC(=O)C=C)cc7s6)cc5)c5ccccc5-c5cc6ccccc6cc54)cc3)sc2c1. The Balaban J connectivity index is 1.01. The highest BCUT2D eigenvalue weighted by Gasteiger charge is 2.46. The van der Waals surface area contributed by atoms with Crippen molar-refractivity contribution in [2.75, 3.05) is 26.4 Å². The van der Waals surface area contributed by atoms with E-state index in [1.165, 1.54) is 33.0 Å². The average molecular weight is 863 g/mol. The molecule has 63 heavy (non-hydrogen) atoms. The molecule has 9 aromatic rings. The third-order valence-electron chi connectivity index (χ3n) is 11.3. The van der Waals surface area contributed by atoms with Crippen LogP contribution in [0.3, 0.4) is 0 Å². The maximum atomic E-state index is 11.4. The standard InChI is InChI=1S/C53H38N2O6S2/c1-3-49(56)60-27-25-58-39-21-23-45-47(31-39)62-51(54-45)33-13-17-37(18-14-33)53(43-12-8-7-11-41(43)42-29-35-9-5-6-10-36(35)30-44(42)53)38-19-15-34(16-20-38)52-55-46-24-22-40(32-48(46)63-52)59-26-28-61-50(57)4-2/h3-24,29-32H,1-2,25-28H2. The fourth-order valence-electron chi connectivity index (χ4n) is 8.44. The summed E-state index contributed by atoms with van der Waals surface area (Å²) in [6.07, 6.45) is 2.28. The molecular weight excluding hydrogens is 825 g/mol. The van der Waals surface area contributed by atoms with Gasteiger partial charge in [0.05, 0.1) is 25.8 Å². The predicted octanol–water partition coefficient (Wildman–Crippen LogP) is 12.0. The Morgan fingerprint density at radius 3 is 1.54 bits per heavy atom. The average Bonchev–Trinajstić information content (AvgIpc) is 4.04. The number of aromatic nitrogens is 2. The highest BCUT2D eigenvalue weighted by Crippen LogP contribution is 2.57. The Morgan fingerprint density at radius 1 is 0.524 bits per heavy atom. The topological polar surface area (TPSA) is 96.8 Å². The molecule has 0 saturated carbocycles. The van der Waals surface area contributed by atoms with E-state index in [1.54, 1.807) is 22.7 Å². The van der Waals surface area contributed by atoms with Crippen molar-refractivity contribution >= 4 is 65.8 Å². The lowest BCUT2D eigenvalue weighted by Crippen LogP contribution is -2.28. The summed E-state index contributed by atoms with van der Waals surface area (Å²) in [6, 6.07) is 51.5. The quantitative estimate of drug-likeness (QED) is 0.0606. The van der Waals surface area contributed by atoms with E-state index in [1.807, 2.05) is 36.4 Å². The molecule has 0 N–H and O–H groups in total. The Morgan fingerprint density at radius 2 is 1.02 bits per heavy atom. The largest absolute Gasteiger partial charge is 0.490 e. The number of ether oxygens (including phenoxy) is 4. The van der Waals surface area contributed by atoms with Crippen LogP contribution in [0, 0.1) is 0 Å². The Labute approximate surface area is 371 Å². The van der Waals surface area contributed by atoms with Gasteiger partial charge in [-0.1, -0.05) is 110 Å². The highest BCUT2D eigenvalue weighted by molar-refractivity contribution is 7.22. The molecule has 0 amide bonds. The summed E-state index contributed by atoms with van der Waals surface area (Å²) in [5.41, 5.74) is 10.4. The molecule has 0 radical (unpaired) electrons. The first-order chi connectivity index (χ1) is 30.9. The zero-order chi connectivity index (χ0) is 42.9. The number of nitrogens with zero attached hydrogens (tertiary/aromatic N) is 2. The van der Waals surface area contributed by atoms with E-state index in [4.69, 9.17) is 28.9 Å². The molecule has 1 aliphatic rings. The van der Waals surface area contributed by atoms with Gasteiger partial charge in [-0.25, -0.2) is 19.6 Å². The molecule has 0 spiro atoms. The van der Waals surface area contributed by atoms with Gasteiger partial charge in [-0.15, -0.1) is 22.7 Å². The molecule has 0 fully saturated rings. The fourth-order valence-corrected chi connectivity index (χ4v) is 10.4. The number of fused-ring (bicyclic) bond motifs is 6. The maximum Gasteiger partial charge on any atom is 0.330 e. The van der Waals surface area contributed by atoms with Gasteiger partial charge in [0, 0.05) is 23.3 Å². The van der Waals surface area contributed by atoms with Crippen molar-refractivity contribution in [3.8, 4) is 43.8 Å². The lowest BCUT2D eigenvalue weighted by atomic mass is 9.67. The number of esters is 2. The van der Waals surface area contributed by atoms with Crippen molar-refractivity contribution in [3.05, 3.63) is 193 Å². The molecule has 0 aliphatic heterocycles. The van der Waals surface area contributed by atoms with E-state index in [0.29, 0.717) is 11.5 Å². The third kappa shape index (κ3) is 7.43. The summed E-state index contributed by atoms with van der Waals surface area (Å²) in [4.78, 5) is 32.8. The van der Waals surface area contributed by atoms with Gasteiger partial charge in [-0.05, 0) is 92.7 Å². The molecule has 308 valence electrons. The Hall–Kier alpha value is -7.40. The summed E-state index contributed by atoms with van der Waals surface area (Å²) < 4.78 is 23.8. The van der Waals surface area contributed by atoms with Crippen LogP contribution in [-0.4, -0.2) is 48.3 Å². The van der Waals surface area contributed by atoms with E-state index in [-0.39, 0.29) is 26.4 Å². The minimum Gasteiger partial charge on any atom is -0.490 e. The van der Waals surface area contributed by atoms with E-state index in [9.17, 15) is 9.59 Å². The number of carbonyl (C=O) groups is 2.